The molecule has 0 aliphatic heterocycles. The van der Waals surface area contributed by atoms with E-state index in [-0.39, 0.29) is 30.3 Å². The summed E-state index contributed by atoms with van der Waals surface area (Å²) in [5.41, 5.74) is 1.91. The minimum absolute atomic E-state index is 0. The minimum atomic E-state index is 0. The Morgan fingerprint density at radius 2 is 1.04 bits per heavy atom. The molecule has 25 heavy (non-hydrogen) atoms. The van der Waals surface area contributed by atoms with Gasteiger partial charge in [-0.1, -0.05) is 82.7 Å². The van der Waals surface area contributed by atoms with Crippen molar-refractivity contribution in [2.75, 3.05) is 0 Å². The molecule has 0 atom stereocenters. The Morgan fingerprint density at radius 1 is 0.680 bits per heavy atom. The van der Waals surface area contributed by atoms with Gasteiger partial charge in [-0.15, -0.1) is 12.1 Å². The molecule has 0 bridgehead atoms. The van der Waals surface area contributed by atoms with Crippen LogP contribution in [0.4, 0.5) is 0 Å². The molecular weight excluding hydrogens is 366 g/mol. The second-order valence-electron chi connectivity index (χ2n) is 5.43. The molecule has 0 aliphatic rings. The van der Waals surface area contributed by atoms with Gasteiger partial charge < -0.3 is 18.7 Å². The molecule has 0 aliphatic carbocycles. The standard InChI is InChI=1S/2C10H8NO.Zn/c2*1-11-7-6-10(12)8-4-2-3-5-9(8)11;/h2*2-6H,1H3;/q2*-1;+2. The van der Waals surface area contributed by atoms with Gasteiger partial charge in [0, 0.05) is 0 Å². The van der Waals surface area contributed by atoms with Crippen LogP contribution in [0.3, 0.4) is 0 Å². The second-order valence-corrected chi connectivity index (χ2v) is 5.43. The molecule has 0 N–H and O–H groups in total. The number of rotatable bonds is 0. The van der Waals surface area contributed by atoms with Crippen LogP contribution in [0.2, 0.25) is 0 Å². The van der Waals surface area contributed by atoms with Gasteiger partial charge in [-0.2, -0.15) is 0 Å². The summed E-state index contributed by atoms with van der Waals surface area (Å²) in [6.45, 7) is 0. The molecule has 120 valence electrons. The van der Waals surface area contributed by atoms with E-state index in [0.717, 1.165) is 21.8 Å². The third kappa shape index (κ3) is 3.94. The Kier molecular flexibility index (Phi) is 6.05. The average Bonchev–Trinajstić information content (AvgIpc) is 2.63. The third-order valence-electron chi connectivity index (χ3n) is 3.84. The molecule has 4 rings (SSSR count). The third-order valence-corrected chi connectivity index (χ3v) is 3.84. The second kappa shape index (κ2) is 8.04. The van der Waals surface area contributed by atoms with Crippen molar-refractivity contribution in [3.05, 3.63) is 93.5 Å². The number of hydrogen-bond acceptors (Lipinski definition) is 2. The largest absolute Gasteiger partial charge is 2.00 e. The molecule has 2 aromatic heterocycles. The summed E-state index contributed by atoms with van der Waals surface area (Å²) in [7, 11) is 3.75. The first-order valence-corrected chi connectivity index (χ1v) is 7.51. The molecule has 0 fully saturated rings. The van der Waals surface area contributed by atoms with Gasteiger partial charge in [-0.25, -0.2) is 0 Å². The van der Waals surface area contributed by atoms with Crippen molar-refractivity contribution in [2.45, 2.75) is 0 Å². The molecule has 0 amide bonds. The maximum atomic E-state index is 11.3. The monoisotopic (exact) mass is 380 g/mol. The SMILES string of the molecule is Cn1[c-]cc(=O)c2ccccc21.Cn1[c-]cc(=O)c2ccccc21.[Zn+2]. The molecule has 0 unspecified atom stereocenters. The predicted molar refractivity (Wildman–Crippen MR) is 96.1 cm³/mol. The first-order chi connectivity index (χ1) is 11.6. The number of fused-ring (bicyclic) bond motifs is 2. The van der Waals surface area contributed by atoms with E-state index >= 15 is 0 Å². The Bertz CT molecular complexity index is 1040. The van der Waals surface area contributed by atoms with Crippen molar-refractivity contribution >= 4 is 21.8 Å². The normalized spacial score (nSPS) is 10.0. The van der Waals surface area contributed by atoms with E-state index < -0.39 is 0 Å². The molecule has 5 heteroatoms. The van der Waals surface area contributed by atoms with E-state index in [9.17, 15) is 9.59 Å². The van der Waals surface area contributed by atoms with Crippen molar-refractivity contribution in [3.8, 4) is 0 Å². The maximum absolute atomic E-state index is 11.3. The van der Waals surface area contributed by atoms with Crippen LogP contribution in [0, 0.1) is 12.4 Å². The fourth-order valence-corrected chi connectivity index (χ4v) is 2.55. The summed E-state index contributed by atoms with van der Waals surface area (Å²) < 4.78 is 3.63. The molecule has 4 aromatic rings. The summed E-state index contributed by atoms with van der Waals surface area (Å²) >= 11 is 0. The van der Waals surface area contributed by atoms with Gasteiger partial charge in [-0.3, -0.25) is 0 Å². The Labute approximate surface area is 158 Å². The van der Waals surface area contributed by atoms with E-state index in [1.54, 1.807) is 0 Å². The van der Waals surface area contributed by atoms with Gasteiger partial charge in [0.25, 0.3) is 0 Å². The van der Waals surface area contributed by atoms with Crippen LogP contribution in [0.15, 0.2) is 70.3 Å². The van der Waals surface area contributed by atoms with E-state index in [0.29, 0.717) is 0 Å². The van der Waals surface area contributed by atoms with Crippen LogP contribution in [-0.4, -0.2) is 9.13 Å². The number of nitrogens with zero attached hydrogens (tertiary/aromatic N) is 2. The topological polar surface area (TPSA) is 44.0 Å². The smallest absolute Gasteiger partial charge is 0.457 e. The van der Waals surface area contributed by atoms with Crippen LogP contribution in [0.5, 0.6) is 0 Å². The van der Waals surface area contributed by atoms with Crippen molar-refractivity contribution in [1.29, 1.82) is 0 Å². The van der Waals surface area contributed by atoms with Gasteiger partial charge >= 0.3 is 19.5 Å². The summed E-state index contributed by atoms with van der Waals surface area (Å²) in [6, 6.07) is 17.9. The number of hydrogen-bond donors (Lipinski definition) is 0. The van der Waals surface area contributed by atoms with Crippen LogP contribution in [-0.2, 0) is 33.6 Å². The molecule has 2 aromatic carbocycles. The molecule has 0 saturated carbocycles. The van der Waals surface area contributed by atoms with E-state index in [1.807, 2.05) is 71.8 Å². The van der Waals surface area contributed by atoms with Crippen LogP contribution in [0.25, 0.3) is 21.8 Å². The number of benzene rings is 2. The van der Waals surface area contributed by atoms with E-state index in [1.165, 1.54) is 12.1 Å². The van der Waals surface area contributed by atoms with Gasteiger partial charge in [0.05, 0.1) is 10.9 Å². The van der Waals surface area contributed by atoms with Crippen molar-refractivity contribution in [1.82, 2.24) is 9.13 Å². The minimum Gasteiger partial charge on any atom is -0.457 e. The number of pyridine rings is 2. The fourth-order valence-electron chi connectivity index (χ4n) is 2.55. The molecule has 0 saturated heterocycles. The van der Waals surface area contributed by atoms with Crippen LogP contribution >= 0.6 is 0 Å². The zero-order valence-corrected chi connectivity index (χ0v) is 17.2. The molecule has 2 heterocycles. The van der Waals surface area contributed by atoms with E-state index in [2.05, 4.69) is 12.4 Å². The zero-order valence-electron chi connectivity index (χ0n) is 14.2. The van der Waals surface area contributed by atoms with Crippen molar-refractivity contribution < 1.29 is 19.5 Å². The van der Waals surface area contributed by atoms with E-state index in [4.69, 9.17) is 0 Å². The van der Waals surface area contributed by atoms with Crippen LogP contribution < -0.4 is 10.9 Å². The van der Waals surface area contributed by atoms with Gasteiger partial charge in [0.15, 0.2) is 0 Å². The summed E-state index contributed by atoms with van der Waals surface area (Å²) in [4.78, 5) is 22.6. The molecular formula is C20H16N2O2Zn. The number of aryl methyl sites for hydroxylation is 2. The fraction of sp³-hybridized carbons (Fsp3) is 0.100. The summed E-state index contributed by atoms with van der Waals surface area (Å²) in [5, 5.41) is 1.50. The first-order valence-electron chi connectivity index (χ1n) is 7.51. The van der Waals surface area contributed by atoms with Gasteiger partial charge in [0.1, 0.15) is 0 Å². The molecule has 0 spiro atoms. The summed E-state index contributed by atoms with van der Waals surface area (Å²) in [5.74, 6) is 0. The van der Waals surface area contributed by atoms with Crippen LogP contribution in [0.1, 0.15) is 0 Å². The maximum Gasteiger partial charge on any atom is 2.00 e. The number of para-hydroxylation sites is 2. The molecule has 4 nitrogen and oxygen atoms in total. The molecule has 0 radical (unpaired) electrons. The first kappa shape index (κ1) is 18.8. The average molecular weight is 382 g/mol. The Balaban J connectivity index is 0.000000173. The van der Waals surface area contributed by atoms with Crippen molar-refractivity contribution in [3.63, 3.8) is 0 Å². The van der Waals surface area contributed by atoms with Crippen molar-refractivity contribution in [2.24, 2.45) is 14.1 Å². The predicted octanol–water partition coefficient (Wildman–Crippen LogP) is 2.67. The quantitative estimate of drug-likeness (QED) is 0.347. The Hall–Kier alpha value is -2.52. The Morgan fingerprint density at radius 3 is 1.40 bits per heavy atom. The zero-order chi connectivity index (χ0) is 17.1. The van der Waals surface area contributed by atoms with Gasteiger partial charge in [-0.05, 0) is 14.1 Å². The number of aromatic nitrogens is 2. The van der Waals surface area contributed by atoms with Gasteiger partial charge in [0.2, 0.25) is 0 Å². The summed E-state index contributed by atoms with van der Waals surface area (Å²) in [6.07, 6.45) is 5.69.